The highest BCUT2D eigenvalue weighted by Crippen LogP contribution is 2.29. The van der Waals surface area contributed by atoms with Crippen molar-refractivity contribution in [2.45, 2.75) is 37.2 Å². The summed E-state index contributed by atoms with van der Waals surface area (Å²) in [5.74, 6) is 4.12. The minimum absolute atomic E-state index is 0.521. The van der Waals surface area contributed by atoms with Crippen molar-refractivity contribution in [2.75, 3.05) is 18.0 Å². The third-order valence-corrected chi connectivity index (χ3v) is 6.42. The van der Waals surface area contributed by atoms with Crippen molar-refractivity contribution in [1.82, 2.24) is 25.0 Å². The average Bonchev–Trinajstić information content (AvgIpc) is 3.56. The van der Waals surface area contributed by atoms with E-state index in [-0.39, 0.29) is 0 Å². The van der Waals surface area contributed by atoms with Crippen molar-refractivity contribution >= 4 is 17.7 Å². The zero-order chi connectivity index (χ0) is 21.0. The number of aromatic nitrogens is 5. The second-order valence-electron chi connectivity index (χ2n) is 7.77. The number of hydrogen-bond acceptors (Lipinski definition) is 8. The molecule has 160 valence electrons. The average molecular weight is 437 g/mol. The molecule has 5 rings (SSSR count). The molecule has 0 unspecified atom stereocenters. The lowest BCUT2D eigenvalue weighted by atomic mass is 10.00. The summed E-state index contributed by atoms with van der Waals surface area (Å²) >= 11 is 1.54. The highest BCUT2D eigenvalue weighted by molar-refractivity contribution is 7.98. The van der Waals surface area contributed by atoms with Crippen molar-refractivity contribution in [2.24, 2.45) is 5.92 Å². The summed E-state index contributed by atoms with van der Waals surface area (Å²) in [4.78, 5) is 2.32. The van der Waals surface area contributed by atoms with E-state index in [1.807, 2.05) is 42.5 Å². The molecule has 1 aliphatic rings. The summed E-state index contributed by atoms with van der Waals surface area (Å²) in [6.45, 7) is 4.88. The number of rotatable bonds is 7. The second kappa shape index (κ2) is 8.97. The molecular weight excluding hydrogens is 412 g/mol. The van der Waals surface area contributed by atoms with Gasteiger partial charge in [0, 0.05) is 18.7 Å². The SMILES string of the molecule is CC1CCN(c2nnc(SCc3nnc(-c4ccccc4)o3)n2Cc2ccco2)CC1. The van der Waals surface area contributed by atoms with Gasteiger partial charge < -0.3 is 13.7 Å². The normalized spacial score (nSPS) is 14.9. The first-order valence-corrected chi connectivity index (χ1v) is 11.5. The lowest BCUT2D eigenvalue weighted by Gasteiger charge is -2.31. The fourth-order valence-corrected chi connectivity index (χ4v) is 4.43. The van der Waals surface area contributed by atoms with E-state index >= 15 is 0 Å². The van der Waals surface area contributed by atoms with E-state index in [0.29, 0.717) is 24.1 Å². The van der Waals surface area contributed by atoms with Crippen LogP contribution in [0.3, 0.4) is 0 Å². The van der Waals surface area contributed by atoms with Gasteiger partial charge in [-0.05, 0) is 43.0 Å². The predicted octanol–water partition coefficient (Wildman–Crippen LogP) is 4.50. The topological polar surface area (TPSA) is 86.0 Å². The van der Waals surface area contributed by atoms with Gasteiger partial charge in [-0.25, -0.2) is 0 Å². The number of furan rings is 1. The van der Waals surface area contributed by atoms with E-state index in [2.05, 4.69) is 36.8 Å². The van der Waals surface area contributed by atoms with Gasteiger partial charge in [0.2, 0.25) is 17.7 Å². The highest BCUT2D eigenvalue weighted by atomic mass is 32.2. The summed E-state index contributed by atoms with van der Waals surface area (Å²) in [6.07, 6.45) is 4.03. The molecule has 0 spiro atoms. The largest absolute Gasteiger partial charge is 0.467 e. The Morgan fingerprint density at radius 3 is 2.61 bits per heavy atom. The summed E-state index contributed by atoms with van der Waals surface area (Å²) in [5.41, 5.74) is 0.911. The van der Waals surface area contributed by atoms with Crippen molar-refractivity contribution in [1.29, 1.82) is 0 Å². The molecule has 8 nitrogen and oxygen atoms in total. The first-order chi connectivity index (χ1) is 15.3. The van der Waals surface area contributed by atoms with Crippen LogP contribution in [0.4, 0.5) is 5.95 Å². The second-order valence-corrected chi connectivity index (χ2v) is 8.72. The van der Waals surface area contributed by atoms with Gasteiger partial charge in [-0.3, -0.25) is 4.57 Å². The van der Waals surface area contributed by atoms with Crippen LogP contribution in [0.5, 0.6) is 0 Å². The number of hydrogen-bond donors (Lipinski definition) is 0. The highest BCUT2D eigenvalue weighted by Gasteiger charge is 2.23. The van der Waals surface area contributed by atoms with Crippen LogP contribution in [-0.4, -0.2) is 38.1 Å². The van der Waals surface area contributed by atoms with Gasteiger partial charge in [-0.15, -0.1) is 20.4 Å². The standard InChI is InChI=1S/C22H24N6O2S/c1-16-9-11-27(12-10-16)21-25-26-22(28(21)14-18-8-5-13-29-18)31-15-19-23-24-20(30-19)17-6-3-2-4-7-17/h2-8,13,16H,9-12,14-15H2,1H3. The van der Waals surface area contributed by atoms with E-state index in [0.717, 1.165) is 41.4 Å². The Bertz CT molecular complexity index is 1100. The molecule has 4 aromatic rings. The Morgan fingerprint density at radius 1 is 1.00 bits per heavy atom. The maximum Gasteiger partial charge on any atom is 0.247 e. The Balaban J connectivity index is 1.34. The maximum absolute atomic E-state index is 5.84. The van der Waals surface area contributed by atoms with E-state index < -0.39 is 0 Å². The Labute approximate surface area is 184 Å². The number of benzene rings is 1. The monoisotopic (exact) mass is 436 g/mol. The lowest BCUT2D eigenvalue weighted by Crippen LogP contribution is -2.35. The molecule has 0 atom stereocenters. The van der Waals surface area contributed by atoms with Crippen LogP contribution in [0.25, 0.3) is 11.5 Å². The number of thioether (sulfide) groups is 1. The van der Waals surface area contributed by atoms with E-state index in [1.54, 1.807) is 18.0 Å². The molecule has 31 heavy (non-hydrogen) atoms. The Hall–Kier alpha value is -3.07. The number of nitrogens with zero attached hydrogens (tertiary/aromatic N) is 6. The quantitative estimate of drug-likeness (QED) is 0.392. The van der Waals surface area contributed by atoms with E-state index in [4.69, 9.17) is 8.83 Å². The summed E-state index contributed by atoms with van der Waals surface area (Å²) in [5, 5.41) is 18.2. The van der Waals surface area contributed by atoms with Gasteiger partial charge >= 0.3 is 0 Å². The van der Waals surface area contributed by atoms with E-state index in [9.17, 15) is 0 Å². The third kappa shape index (κ3) is 4.51. The van der Waals surface area contributed by atoms with Crippen LogP contribution in [0.2, 0.25) is 0 Å². The Kier molecular flexibility index (Phi) is 5.75. The fraction of sp³-hybridized carbons (Fsp3) is 0.364. The summed E-state index contributed by atoms with van der Waals surface area (Å²) < 4.78 is 13.6. The molecule has 1 aliphatic heterocycles. The first kappa shape index (κ1) is 19.9. The third-order valence-electron chi connectivity index (χ3n) is 5.47. The molecule has 0 saturated carbocycles. The maximum atomic E-state index is 5.84. The minimum Gasteiger partial charge on any atom is -0.467 e. The molecule has 1 saturated heterocycles. The molecule has 9 heteroatoms. The van der Waals surface area contributed by atoms with Crippen LogP contribution >= 0.6 is 11.8 Å². The molecular formula is C22H24N6O2S. The molecule has 0 aliphatic carbocycles. The lowest BCUT2D eigenvalue weighted by molar-refractivity contribution is 0.427. The van der Waals surface area contributed by atoms with Gasteiger partial charge in [-0.2, -0.15) is 0 Å². The van der Waals surface area contributed by atoms with Gasteiger partial charge in [0.1, 0.15) is 5.76 Å². The van der Waals surface area contributed by atoms with Crippen LogP contribution in [0, 0.1) is 5.92 Å². The molecule has 3 aromatic heterocycles. The van der Waals surface area contributed by atoms with Gasteiger partial charge in [0.25, 0.3) is 0 Å². The molecule has 0 radical (unpaired) electrons. The number of piperidine rings is 1. The minimum atomic E-state index is 0.521. The van der Waals surface area contributed by atoms with Crippen LogP contribution in [0.15, 0.2) is 62.7 Å². The first-order valence-electron chi connectivity index (χ1n) is 10.5. The molecule has 0 bridgehead atoms. The summed E-state index contributed by atoms with van der Waals surface area (Å²) in [7, 11) is 0. The van der Waals surface area contributed by atoms with Gasteiger partial charge in [-0.1, -0.05) is 36.9 Å². The molecule has 1 fully saturated rings. The van der Waals surface area contributed by atoms with Crippen molar-refractivity contribution in [3.63, 3.8) is 0 Å². The fourth-order valence-electron chi connectivity index (χ4n) is 3.66. The number of anilines is 1. The predicted molar refractivity (Wildman–Crippen MR) is 118 cm³/mol. The molecule has 0 N–H and O–H groups in total. The molecule has 1 aromatic carbocycles. The zero-order valence-corrected chi connectivity index (χ0v) is 18.2. The molecule has 4 heterocycles. The van der Waals surface area contributed by atoms with E-state index in [1.165, 1.54) is 12.8 Å². The van der Waals surface area contributed by atoms with Crippen LogP contribution in [-0.2, 0) is 12.3 Å². The van der Waals surface area contributed by atoms with Crippen molar-refractivity contribution < 1.29 is 8.83 Å². The van der Waals surface area contributed by atoms with Crippen LogP contribution in [0.1, 0.15) is 31.4 Å². The van der Waals surface area contributed by atoms with Crippen molar-refractivity contribution in [3.8, 4) is 11.5 Å². The van der Waals surface area contributed by atoms with Crippen molar-refractivity contribution in [3.05, 3.63) is 60.4 Å². The summed E-state index contributed by atoms with van der Waals surface area (Å²) in [6, 6.07) is 13.6. The molecule has 0 amide bonds. The smallest absolute Gasteiger partial charge is 0.247 e. The van der Waals surface area contributed by atoms with Crippen LogP contribution < -0.4 is 4.90 Å². The zero-order valence-electron chi connectivity index (χ0n) is 17.3. The Morgan fingerprint density at radius 2 is 1.84 bits per heavy atom. The van der Waals surface area contributed by atoms with Gasteiger partial charge in [0.15, 0.2) is 5.16 Å². The van der Waals surface area contributed by atoms with Gasteiger partial charge in [0.05, 0.1) is 18.6 Å².